The van der Waals surface area contributed by atoms with Gasteiger partial charge in [0.05, 0.1) is 7.11 Å². The third kappa shape index (κ3) is 3.15. The molecule has 3 N–H and O–H groups in total. The van der Waals surface area contributed by atoms with Gasteiger partial charge in [0.2, 0.25) is 5.88 Å². The van der Waals surface area contributed by atoms with Gasteiger partial charge in [-0.05, 0) is 0 Å². The Morgan fingerprint density at radius 3 is 2.67 bits per heavy atom. The van der Waals surface area contributed by atoms with Gasteiger partial charge in [-0.2, -0.15) is 18.2 Å². The maximum absolute atomic E-state index is 11.9. The Kier molecular flexibility index (Phi) is 3.17. The number of methoxy groups -OCH3 is 1. The number of nitrogens with zero attached hydrogens (tertiary/aromatic N) is 2. The molecule has 0 atom stereocenters. The van der Waals surface area contributed by atoms with Crippen molar-refractivity contribution in [3.63, 3.8) is 0 Å². The molecule has 1 aromatic rings. The molecule has 0 saturated heterocycles. The molecule has 0 amide bonds. The van der Waals surface area contributed by atoms with E-state index in [-0.39, 0.29) is 17.4 Å². The quantitative estimate of drug-likeness (QED) is 0.799. The summed E-state index contributed by atoms with van der Waals surface area (Å²) < 4.78 is 40.4. The molecule has 0 aliphatic heterocycles. The number of alkyl halides is 3. The van der Waals surface area contributed by atoms with Gasteiger partial charge in [0, 0.05) is 0 Å². The summed E-state index contributed by atoms with van der Waals surface area (Å²) in [6.07, 6.45) is -3.27. The smallest absolute Gasteiger partial charge is 0.405 e. The van der Waals surface area contributed by atoms with Gasteiger partial charge in [-0.25, -0.2) is 4.98 Å². The highest BCUT2D eigenvalue weighted by Crippen LogP contribution is 2.25. The third-order valence-corrected chi connectivity index (χ3v) is 1.50. The average Bonchev–Trinajstić information content (AvgIpc) is 2.15. The van der Waals surface area contributed by atoms with Crippen LogP contribution in [-0.4, -0.2) is 29.8 Å². The first-order valence-corrected chi connectivity index (χ1v) is 3.89. The van der Waals surface area contributed by atoms with E-state index < -0.39 is 12.7 Å². The molecule has 8 heteroatoms. The zero-order chi connectivity index (χ0) is 11.5. The van der Waals surface area contributed by atoms with E-state index in [2.05, 4.69) is 9.97 Å². The molecule has 1 rings (SSSR count). The summed E-state index contributed by atoms with van der Waals surface area (Å²) in [6.45, 7) is -1.21. The molecule has 0 aliphatic carbocycles. The van der Waals surface area contributed by atoms with Gasteiger partial charge < -0.3 is 15.8 Å². The molecule has 1 aromatic heterocycles. The van der Waals surface area contributed by atoms with Crippen molar-refractivity contribution in [2.24, 2.45) is 0 Å². The Hall–Kier alpha value is -1.73. The normalized spacial score (nSPS) is 11.2. The number of hydrogen-bond donors (Lipinski definition) is 2. The fraction of sp³-hybridized carbons (Fsp3) is 0.429. The molecular formula is C7H9F3N4O. The number of rotatable bonds is 3. The second kappa shape index (κ2) is 4.20. The molecule has 0 saturated carbocycles. The Morgan fingerprint density at radius 2 is 2.13 bits per heavy atom. The zero-order valence-corrected chi connectivity index (χ0v) is 7.80. The van der Waals surface area contributed by atoms with Crippen molar-refractivity contribution < 1.29 is 17.9 Å². The maximum Gasteiger partial charge on any atom is 0.405 e. The predicted octanol–water partition coefficient (Wildman–Crippen LogP) is 1.04. The van der Waals surface area contributed by atoms with Crippen LogP contribution in [0, 0.1) is 0 Å². The highest BCUT2D eigenvalue weighted by molar-refractivity contribution is 5.66. The first kappa shape index (κ1) is 11.3. The second-order valence-electron chi connectivity index (χ2n) is 2.61. The van der Waals surface area contributed by atoms with Crippen LogP contribution < -0.4 is 15.8 Å². The summed E-state index contributed by atoms with van der Waals surface area (Å²) in [5.41, 5.74) is 5.39. The second-order valence-corrected chi connectivity index (χ2v) is 2.61. The molecule has 0 aliphatic rings. The standard InChI is InChI=1S/C7H9F3N4O/c1-15-6-4(11)5(13-3-14-6)12-2-7(8,9)10/h3H,2,11H2,1H3,(H,12,13,14). The van der Waals surface area contributed by atoms with Crippen molar-refractivity contribution in [1.29, 1.82) is 0 Å². The summed E-state index contributed by atoms with van der Waals surface area (Å²) in [5.74, 6) is -0.0613. The SMILES string of the molecule is COc1ncnc(NCC(F)(F)F)c1N. The highest BCUT2D eigenvalue weighted by atomic mass is 19.4. The number of hydrogen-bond acceptors (Lipinski definition) is 5. The van der Waals surface area contributed by atoms with Crippen LogP contribution in [0.25, 0.3) is 0 Å². The lowest BCUT2D eigenvalue weighted by Crippen LogP contribution is -2.22. The van der Waals surface area contributed by atoms with E-state index in [0.29, 0.717) is 0 Å². The van der Waals surface area contributed by atoms with Crippen LogP contribution in [0.5, 0.6) is 5.88 Å². The van der Waals surface area contributed by atoms with Crippen LogP contribution in [0.15, 0.2) is 6.33 Å². The van der Waals surface area contributed by atoms with Gasteiger partial charge in [0.1, 0.15) is 18.6 Å². The van der Waals surface area contributed by atoms with Gasteiger partial charge in [-0.15, -0.1) is 0 Å². The Bertz CT molecular complexity index is 341. The van der Waals surface area contributed by atoms with Crippen molar-refractivity contribution in [1.82, 2.24) is 9.97 Å². The number of anilines is 2. The zero-order valence-electron chi connectivity index (χ0n) is 7.80. The molecule has 0 radical (unpaired) electrons. The van der Waals surface area contributed by atoms with Crippen LogP contribution in [0.2, 0.25) is 0 Å². The van der Waals surface area contributed by atoms with Crippen molar-refractivity contribution in [2.45, 2.75) is 6.18 Å². The van der Waals surface area contributed by atoms with E-state index >= 15 is 0 Å². The number of aromatic nitrogens is 2. The van der Waals surface area contributed by atoms with E-state index in [4.69, 9.17) is 10.5 Å². The summed E-state index contributed by atoms with van der Waals surface area (Å²) in [5, 5.41) is 2.05. The van der Waals surface area contributed by atoms with Gasteiger partial charge >= 0.3 is 6.18 Å². The molecule has 0 bridgehead atoms. The lowest BCUT2D eigenvalue weighted by atomic mass is 10.4. The molecule has 0 aromatic carbocycles. The van der Waals surface area contributed by atoms with Crippen molar-refractivity contribution in [3.8, 4) is 5.88 Å². The molecule has 0 unspecified atom stereocenters. The molecule has 15 heavy (non-hydrogen) atoms. The van der Waals surface area contributed by atoms with Crippen LogP contribution in [-0.2, 0) is 0 Å². The number of ether oxygens (including phenoxy) is 1. The Labute approximate surface area is 83.5 Å². The summed E-state index contributed by atoms with van der Waals surface area (Å²) in [7, 11) is 1.31. The lowest BCUT2D eigenvalue weighted by Gasteiger charge is -2.11. The van der Waals surface area contributed by atoms with E-state index in [1.54, 1.807) is 0 Å². The first-order chi connectivity index (χ1) is 6.94. The lowest BCUT2D eigenvalue weighted by molar-refractivity contribution is -0.115. The molecule has 84 valence electrons. The minimum atomic E-state index is -4.33. The molecule has 1 heterocycles. The number of nitrogens with one attached hydrogen (secondary N) is 1. The molecule has 0 fully saturated rings. The predicted molar refractivity (Wildman–Crippen MR) is 47.5 cm³/mol. The van der Waals surface area contributed by atoms with Crippen LogP contribution >= 0.6 is 0 Å². The monoisotopic (exact) mass is 222 g/mol. The topological polar surface area (TPSA) is 73.1 Å². The number of nitrogens with two attached hydrogens (primary N) is 1. The number of nitrogen functional groups attached to an aromatic ring is 1. The largest absolute Gasteiger partial charge is 0.479 e. The van der Waals surface area contributed by atoms with Crippen molar-refractivity contribution in [2.75, 3.05) is 24.7 Å². The van der Waals surface area contributed by atoms with E-state index in [1.165, 1.54) is 7.11 Å². The fourth-order valence-corrected chi connectivity index (χ4v) is 0.867. The van der Waals surface area contributed by atoms with Gasteiger partial charge in [0.15, 0.2) is 5.82 Å². The first-order valence-electron chi connectivity index (χ1n) is 3.89. The minimum Gasteiger partial charge on any atom is -0.479 e. The van der Waals surface area contributed by atoms with E-state index in [9.17, 15) is 13.2 Å². The van der Waals surface area contributed by atoms with Gasteiger partial charge in [-0.1, -0.05) is 0 Å². The molecule has 5 nitrogen and oxygen atoms in total. The minimum absolute atomic E-state index is 0.0367. The Morgan fingerprint density at radius 1 is 1.47 bits per heavy atom. The highest BCUT2D eigenvalue weighted by Gasteiger charge is 2.27. The molecular weight excluding hydrogens is 213 g/mol. The van der Waals surface area contributed by atoms with Crippen LogP contribution in [0.4, 0.5) is 24.7 Å². The van der Waals surface area contributed by atoms with Crippen molar-refractivity contribution in [3.05, 3.63) is 6.33 Å². The van der Waals surface area contributed by atoms with Crippen molar-refractivity contribution >= 4 is 11.5 Å². The average molecular weight is 222 g/mol. The van der Waals surface area contributed by atoms with Gasteiger partial charge in [-0.3, -0.25) is 0 Å². The van der Waals surface area contributed by atoms with Gasteiger partial charge in [0.25, 0.3) is 0 Å². The summed E-state index contributed by atoms with van der Waals surface area (Å²) in [4.78, 5) is 7.18. The van der Waals surface area contributed by atoms with E-state index in [1.807, 2.05) is 5.32 Å². The maximum atomic E-state index is 11.9. The summed E-state index contributed by atoms with van der Waals surface area (Å²) in [6, 6.07) is 0. The fourth-order valence-electron chi connectivity index (χ4n) is 0.867. The van der Waals surface area contributed by atoms with E-state index in [0.717, 1.165) is 6.33 Å². The molecule has 0 spiro atoms. The van der Waals surface area contributed by atoms with Crippen LogP contribution in [0.1, 0.15) is 0 Å². The third-order valence-electron chi connectivity index (χ3n) is 1.50. The van der Waals surface area contributed by atoms with Crippen LogP contribution in [0.3, 0.4) is 0 Å². The Balaban J connectivity index is 2.78. The summed E-state index contributed by atoms with van der Waals surface area (Å²) >= 11 is 0. The number of halogens is 3.